The van der Waals surface area contributed by atoms with E-state index in [0.717, 1.165) is 33.0 Å². The zero-order valence-electron chi connectivity index (χ0n) is 32.2. The molecular weight excluding hydrogens is 689 g/mol. The van der Waals surface area contributed by atoms with E-state index in [4.69, 9.17) is 10.7 Å². The third-order valence-corrected chi connectivity index (χ3v) is 12.0. The Morgan fingerprint density at radius 2 is 1.11 bits per heavy atom. The molecule has 0 atom stereocenters. The molecule has 57 heavy (non-hydrogen) atoms. The molecule has 10 rings (SSSR count). The van der Waals surface area contributed by atoms with Gasteiger partial charge in [-0.25, -0.2) is 4.99 Å². The van der Waals surface area contributed by atoms with Gasteiger partial charge in [0, 0.05) is 16.5 Å². The van der Waals surface area contributed by atoms with E-state index in [2.05, 4.69) is 208 Å². The second-order valence-corrected chi connectivity index (χ2v) is 15.6. The van der Waals surface area contributed by atoms with Gasteiger partial charge >= 0.3 is 0 Å². The smallest absolute Gasteiger partial charge is 0.131 e. The average Bonchev–Trinajstić information content (AvgIpc) is 3.51. The van der Waals surface area contributed by atoms with E-state index in [1.165, 1.54) is 66.2 Å². The van der Waals surface area contributed by atoms with Crippen molar-refractivity contribution in [1.29, 1.82) is 0 Å². The fourth-order valence-electron chi connectivity index (χ4n) is 9.29. The molecule has 0 saturated carbocycles. The first-order valence-corrected chi connectivity index (χ1v) is 19.8. The van der Waals surface area contributed by atoms with E-state index in [-0.39, 0.29) is 5.41 Å². The van der Waals surface area contributed by atoms with Crippen LogP contribution in [-0.4, -0.2) is 5.84 Å². The number of nitrogens with two attached hydrogens (primary N) is 1. The fraction of sp³-hybridized carbons (Fsp3) is 0.0727. The van der Waals surface area contributed by atoms with E-state index in [0.29, 0.717) is 12.3 Å². The van der Waals surface area contributed by atoms with Gasteiger partial charge in [0.05, 0.1) is 5.70 Å². The van der Waals surface area contributed by atoms with Crippen LogP contribution in [0.3, 0.4) is 0 Å². The molecule has 9 aromatic carbocycles. The third-order valence-electron chi connectivity index (χ3n) is 12.0. The highest BCUT2D eigenvalue weighted by molar-refractivity contribution is 6.12. The van der Waals surface area contributed by atoms with Crippen molar-refractivity contribution in [2.45, 2.75) is 25.7 Å². The summed E-state index contributed by atoms with van der Waals surface area (Å²) in [4.78, 5) is 5.33. The van der Waals surface area contributed by atoms with Gasteiger partial charge in [-0.05, 0) is 88.8 Å². The maximum atomic E-state index is 7.04. The van der Waals surface area contributed by atoms with Gasteiger partial charge in [-0.3, -0.25) is 0 Å². The van der Waals surface area contributed by atoms with Crippen molar-refractivity contribution in [1.82, 2.24) is 0 Å². The fourth-order valence-corrected chi connectivity index (χ4v) is 9.29. The van der Waals surface area contributed by atoms with Gasteiger partial charge in [-0.1, -0.05) is 208 Å². The predicted octanol–water partition coefficient (Wildman–Crippen LogP) is 13.8. The number of allylic oxidation sites excluding steroid dienone is 1. The molecule has 0 fully saturated rings. The lowest BCUT2D eigenvalue weighted by molar-refractivity contribution is 0.666. The molecule has 2 nitrogen and oxygen atoms in total. The number of benzene rings is 9. The minimum absolute atomic E-state index is 0.142. The maximum absolute atomic E-state index is 7.04. The topological polar surface area (TPSA) is 38.4 Å². The van der Waals surface area contributed by atoms with Crippen molar-refractivity contribution in [2.75, 3.05) is 0 Å². The molecule has 0 heterocycles. The number of aliphatic imine (C=N–C) groups is 1. The van der Waals surface area contributed by atoms with Crippen LogP contribution in [0.5, 0.6) is 0 Å². The van der Waals surface area contributed by atoms with Gasteiger partial charge in [0.25, 0.3) is 0 Å². The second kappa shape index (κ2) is 13.9. The Morgan fingerprint density at radius 1 is 0.491 bits per heavy atom. The van der Waals surface area contributed by atoms with Crippen LogP contribution < -0.4 is 5.73 Å². The van der Waals surface area contributed by atoms with Gasteiger partial charge in [0.1, 0.15) is 5.84 Å². The summed E-state index contributed by atoms with van der Waals surface area (Å²) in [5.41, 5.74) is 21.2. The summed E-state index contributed by atoms with van der Waals surface area (Å²) in [6.45, 7) is 4.75. The number of amidine groups is 1. The Morgan fingerprint density at radius 3 is 1.93 bits per heavy atom. The molecule has 0 aliphatic heterocycles. The van der Waals surface area contributed by atoms with Crippen molar-refractivity contribution in [3.05, 3.63) is 222 Å². The minimum atomic E-state index is -0.142. The molecule has 272 valence electrons. The highest BCUT2D eigenvalue weighted by Gasteiger charge is 2.38. The predicted molar refractivity (Wildman–Crippen MR) is 243 cm³/mol. The summed E-state index contributed by atoms with van der Waals surface area (Å²) in [6, 6.07) is 67.5. The summed E-state index contributed by atoms with van der Waals surface area (Å²) >= 11 is 0. The molecule has 0 spiro atoms. The Labute approximate surface area is 334 Å². The third kappa shape index (κ3) is 5.84. The van der Waals surface area contributed by atoms with Crippen LogP contribution in [0.25, 0.3) is 71.4 Å². The molecule has 0 saturated heterocycles. The molecule has 0 amide bonds. The molecule has 2 N–H and O–H groups in total. The summed E-state index contributed by atoms with van der Waals surface area (Å²) in [7, 11) is 0. The lowest BCUT2D eigenvalue weighted by Crippen LogP contribution is -2.15. The number of hydrogen-bond donors (Lipinski definition) is 1. The Kier molecular flexibility index (Phi) is 8.42. The summed E-state index contributed by atoms with van der Waals surface area (Å²) in [5.74, 6) is 0.495. The lowest BCUT2D eigenvalue weighted by atomic mass is 9.80. The van der Waals surface area contributed by atoms with Crippen LogP contribution in [0.4, 0.5) is 0 Å². The van der Waals surface area contributed by atoms with Gasteiger partial charge in [-0.15, -0.1) is 0 Å². The summed E-state index contributed by atoms with van der Waals surface area (Å²) < 4.78 is 0. The highest BCUT2D eigenvalue weighted by atomic mass is 14.9. The number of rotatable bonds is 7. The van der Waals surface area contributed by atoms with Crippen LogP contribution in [0.15, 0.2) is 199 Å². The van der Waals surface area contributed by atoms with Crippen molar-refractivity contribution < 1.29 is 0 Å². The van der Waals surface area contributed by atoms with Crippen molar-refractivity contribution in [3.63, 3.8) is 0 Å². The molecule has 0 unspecified atom stereocenters. The molecule has 2 heteroatoms. The van der Waals surface area contributed by atoms with Crippen LogP contribution in [0.1, 0.15) is 41.7 Å². The van der Waals surface area contributed by atoms with Gasteiger partial charge in [0.15, 0.2) is 0 Å². The monoisotopic (exact) mass is 730 g/mol. The van der Waals surface area contributed by atoms with Gasteiger partial charge < -0.3 is 5.73 Å². The molecule has 0 bridgehead atoms. The Hall–Kier alpha value is -7.03. The number of fused-ring (bicyclic) bond motifs is 7. The van der Waals surface area contributed by atoms with Crippen molar-refractivity contribution in [3.8, 4) is 33.4 Å². The van der Waals surface area contributed by atoms with Crippen LogP contribution >= 0.6 is 0 Å². The first-order valence-electron chi connectivity index (χ1n) is 19.8. The van der Waals surface area contributed by atoms with Crippen molar-refractivity contribution in [2.24, 2.45) is 10.7 Å². The van der Waals surface area contributed by atoms with E-state index in [1.807, 2.05) is 0 Å². The van der Waals surface area contributed by atoms with E-state index in [1.54, 1.807) is 0 Å². The second-order valence-electron chi connectivity index (χ2n) is 15.6. The molecule has 1 aliphatic rings. The van der Waals surface area contributed by atoms with Crippen LogP contribution in [-0.2, 0) is 11.8 Å². The first kappa shape index (κ1) is 34.5. The van der Waals surface area contributed by atoms with Crippen molar-refractivity contribution >= 4 is 43.9 Å². The quantitative estimate of drug-likeness (QED) is 0.129. The first-order chi connectivity index (χ1) is 28.0. The summed E-state index contributed by atoms with van der Waals surface area (Å²) in [5, 5.41) is 7.16. The van der Waals surface area contributed by atoms with Crippen LogP contribution in [0, 0.1) is 0 Å². The summed E-state index contributed by atoms with van der Waals surface area (Å²) in [6.07, 6.45) is 2.94. The number of nitrogens with zero attached hydrogens (tertiary/aromatic N) is 1. The molecular formula is C55H42N2. The molecule has 9 aromatic rings. The minimum Gasteiger partial charge on any atom is -0.383 e. The Balaban J connectivity index is 1.16. The SMILES string of the molecule is CC1(C)c2cccc(-c3ccc(/C(=C/Cc4ccccc4-c4ccccc4)N=C(N)c4cccc5ccccc45)c4ccccc34)c2-c2ccc3ccccc3c21. The lowest BCUT2D eigenvalue weighted by Gasteiger charge is -2.23. The van der Waals surface area contributed by atoms with Gasteiger partial charge in [0.2, 0.25) is 0 Å². The normalized spacial score (nSPS) is 13.6. The highest BCUT2D eigenvalue weighted by Crippen LogP contribution is 2.55. The molecule has 1 aliphatic carbocycles. The average molecular weight is 731 g/mol. The molecule has 0 radical (unpaired) electrons. The zero-order chi connectivity index (χ0) is 38.5. The number of hydrogen-bond acceptors (Lipinski definition) is 1. The molecule has 0 aromatic heterocycles. The van der Waals surface area contributed by atoms with E-state index in [9.17, 15) is 0 Å². The standard InChI is InChI=1S/C55H42N2/c1-55(2)50-29-15-27-47(52(50)49-32-30-39-20-8-11-24-42(39)53(49)55)45-33-34-46(44-26-13-12-25-43(44)45)51(57-54(56)48-28-14-21-37-18-7-10-23-41(37)48)35-31-38-19-6-9-22-40(38)36-16-4-3-5-17-36/h3-30,32-35H,31H2,1-2H3,(H2,56,57)/b51-35-. The van der Waals surface area contributed by atoms with Gasteiger partial charge in [-0.2, -0.15) is 0 Å². The van der Waals surface area contributed by atoms with E-state index >= 15 is 0 Å². The zero-order valence-corrected chi connectivity index (χ0v) is 32.2. The Bertz CT molecular complexity index is 3070. The maximum Gasteiger partial charge on any atom is 0.131 e. The van der Waals surface area contributed by atoms with Crippen LogP contribution in [0.2, 0.25) is 0 Å². The van der Waals surface area contributed by atoms with E-state index < -0.39 is 0 Å². The largest absolute Gasteiger partial charge is 0.383 e.